The van der Waals surface area contributed by atoms with Gasteiger partial charge in [0, 0.05) is 17.6 Å². The highest BCUT2D eigenvalue weighted by atomic mass is 16.5. The predicted molar refractivity (Wildman–Crippen MR) is 109 cm³/mol. The second-order valence-corrected chi connectivity index (χ2v) is 6.99. The van der Waals surface area contributed by atoms with E-state index < -0.39 is 6.04 Å². The molecule has 0 unspecified atom stereocenters. The number of hydrogen-bond donors (Lipinski definition) is 1. The molecule has 1 amide bonds. The van der Waals surface area contributed by atoms with E-state index in [9.17, 15) is 9.59 Å². The predicted octanol–water partition coefficient (Wildman–Crippen LogP) is 3.38. The van der Waals surface area contributed by atoms with Crippen LogP contribution in [-0.2, 0) is 27.3 Å². The van der Waals surface area contributed by atoms with Crippen molar-refractivity contribution >= 4 is 28.3 Å². The van der Waals surface area contributed by atoms with E-state index in [-0.39, 0.29) is 18.4 Å². The highest BCUT2D eigenvalue weighted by molar-refractivity contribution is 6.02. The van der Waals surface area contributed by atoms with Crippen LogP contribution >= 0.6 is 0 Å². The Bertz CT molecular complexity index is 1030. The number of esters is 1. The molecule has 0 aliphatic carbocycles. The van der Waals surface area contributed by atoms with Gasteiger partial charge in [0.15, 0.2) is 0 Å². The number of carbonyl (C=O) groups excluding carboxylic acids is 2. The summed E-state index contributed by atoms with van der Waals surface area (Å²) < 4.78 is 4.98. The maximum absolute atomic E-state index is 12.8. The van der Waals surface area contributed by atoms with Crippen molar-refractivity contribution in [1.82, 2.24) is 4.90 Å². The van der Waals surface area contributed by atoms with Crippen LogP contribution in [0.3, 0.4) is 0 Å². The van der Waals surface area contributed by atoms with Crippen LogP contribution in [0.1, 0.15) is 11.1 Å². The Labute approximate surface area is 163 Å². The summed E-state index contributed by atoms with van der Waals surface area (Å²) in [6.07, 6.45) is 0.546. The van der Waals surface area contributed by atoms with Gasteiger partial charge in [0.05, 0.1) is 13.7 Å². The average molecular weight is 374 g/mol. The standard InChI is InChI=1S/C23H22N2O3/c1-28-23(27)21-13-17-8-2-3-9-18(17)14-25(21)15-22(26)24-20-12-6-10-16-7-4-5-11-19(16)20/h2-12,21H,13-15H2,1H3,(H,24,26)/t21-/m1/s1. The fraction of sp³-hybridized carbons (Fsp3) is 0.217. The summed E-state index contributed by atoms with van der Waals surface area (Å²) in [4.78, 5) is 27.0. The van der Waals surface area contributed by atoms with Gasteiger partial charge in [0.1, 0.15) is 6.04 Å². The monoisotopic (exact) mass is 374 g/mol. The Morgan fingerprint density at radius 3 is 2.54 bits per heavy atom. The number of amides is 1. The quantitative estimate of drug-likeness (QED) is 0.712. The van der Waals surface area contributed by atoms with E-state index in [4.69, 9.17) is 4.74 Å². The Balaban J connectivity index is 1.54. The number of fused-ring (bicyclic) bond motifs is 2. The molecule has 0 saturated heterocycles. The van der Waals surface area contributed by atoms with Crippen molar-refractivity contribution in [3.63, 3.8) is 0 Å². The molecule has 3 aromatic rings. The summed E-state index contributed by atoms with van der Waals surface area (Å²) in [6, 6.07) is 21.3. The van der Waals surface area contributed by atoms with Crippen LogP contribution in [0.5, 0.6) is 0 Å². The number of rotatable bonds is 4. The fourth-order valence-electron chi connectivity index (χ4n) is 3.82. The number of hydrogen-bond acceptors (Lipinski definition) is 4. The van der Waals surface area contributed by atoms with Crippen molar-refractivity contribution in [2.75, 3.05) is 19.0 Å². The average Bonchev–Trinajstić information content (AvgIpc) is 2.73. The smallest absolute Gasteiger partial charge is 0.323 e. The zero-order valence-electron chi connectivity index (χ0n) is 15.7. The van der Waals surface area contributed by atoms with Crippen LogP contribution in [0.4, 0.5) is 5.69 Å². The molecule has 0 bridgehead atoms. The molecule has 1 aliphatic rings. The van der Waals surface area contributed by atoms with Crippen LogP contribution in [0.2, 0.25) is 0 Å². The third-order valence-corrected chi connectivity index (χ3v) is 5.23. The lowest BCUT2D eigenvalue weighted by atomic mass is 9.94. The van der Waals surface area contributed by atoms with Crippen molar-refractivity contribution in [2.45, 2.75) is 19.0 Å². The molecule has 4 rings (SSSR count). The molecular weight excluding hydrogens is 352 g/mol. The van der Waals surface area contributed by atoms with Crippen molar-refractivity contribution in [3.05, 3.63) is 77.9 Å². The first-order chi connectivity index (χ1) is 13.7. The zero-order chi connectivity index (χ0) is 19.5. The van der Waals surface area contributed by atoms with Gasteiger partial charge in [-0.05, 0) is 29.0 Å². The SMILES string of the molecule is COC(=O)[C@H]1Cc2ccccc2CN1CC(=O)Nc1cccc2ccccc12. The van der Waals surface area contributed by atoms with Gasteiger partial charge >= 0.3 is 5.97 Å². The summed E-state index contributed by atoms with van der Waals surface area (Å²) in [5.41, 5.74) is 3.04. The molecule has 28 heavy (non-hydrogen) atoms. The minimum absolute atomic E-state index is 0.122. The minimum atomic E-state index is -0.460. The molecule has 0 radical (unpaired) electrons. The van der Waals surface area contributed by atoms with E-state index in [0.717, 1.165) is 27.6 Å². The van der Waals surface area contributed by atoms with Crippen LogP contribution in [-0.4, -0.2) is 36.5 Å². The molecule has 0 spiro atoms. The summed E-state index contributed by atoms with van der Waals surface area (Å²) in [5.74, 6) is -0.461. The number of ether oxygens (including phenoxy) is 1. The van der Waals surface area contributed by atoms with Crippen molar-refractivity contribution in [2.24, 2.45) is 0 Å². The zero-order valence-corrected chi connectivity index (χ0v) is 15.7. The van der Waals surface area contributed by atoms with Crippen molar-refractivity contribution < 1.29 is 14.3 Å². The lowest BCUT2D eigenvalue weighted by molar-refractivity contribution is -0.148. The second-order valence-electron chi connectivity index (χ2n) is 6.99. The van der Waals surface area contributed by atoms with E-state index >= 15 is 0 Å². The Hall–Kier alpha value is -3.18. The van der Waals surface area contributed by atoms with Gasteiger partial charge in [-0.25, -0.2) is 0 Å². The lowest BCUT2D eigenvalue weighted by Gasteiger charge is -2.34. The van der Waals surface area contributed by atoms with E-state index in [1.54, 1.807) is 0 Å². The van der Waals surface area contributed by atoms with Crippen LogP contribution in [0, 0.1) is 0 Å². The molecule has 1 aliphatic heterocycles. The van der Waals surface area contributed by atoms with E-state index in [1.165, 1.54) is 7.11 Å². The first-order valence-electron chi connectivity index (χ1n) is 9.32. The van der Waals surface area contributed by atoms with Crippen LogP contribution in [0.15, 0.2) is 66.7 Å². The van der Waals surface area contributed by atoms with Crippen molar-refractivity contribution in [3.8, 4) is 0 Å². The number of methoxy groups -OCH3 is 1. The summed E-state index contributed by atoms with van der Waals surface area (Å²) in [7, 11) is 1.39. The Kier molecular flexibility index (Phi) is 5.08. The molecule has 0 fully saturated rings. The second kappa shape index (κ2) is 7.82. The Morgan fingerprint density at radius 1 is 1.00 bits per heavy atom. The van der Waals surface area contributed by atoms with Gasteiger partial charge in [0.2, 0.25) is 5.91 Å². The molecule has 1 N–H and O–H groups in total. The molecule has 5 nitrogen and oxygen atoms in total. The topological polar surface area (TPSA) is 58.6 Å². The molecule has 1 atom stereocenters. The molecular formula is C23H22N2O3. The summed E-state index contributed by atoms with van der Waals surface area (Å²) >= 11 is 0. The Morgan fingerprint density at radius 2 is 1.71 bits per heavy atom. The number of anilines is 1. The van der Waals surface area contributed by atoms with Gasteiger partial charge in [-0.2, -0.15) is 0 Å². The number of benzene rings is 3. The largest absolute Gasteiger partial charge is 0.468 e. The molecule has 3 aromatic carbocycles. The molecule has 5 heteroatoms. The normalized spacial score (nSPS) is 16.4. The van der Waals surface area contributed by atoms with Gasteiger partial charge in [0.25, 0.3) is 0 Å². The van der Waals surface area contributed by atoms with Crippen molar-refractivity contribution in [1.29, 1.82) is 0 Å². The van der Waals surface area contributed by atoms with E-state index in [0.29, 0.717) is 13.0 Å². The number of nitrogens with zero attached hydrogens (tertiary/aromatic N) is 1. The fourth-order valence-corrected chi connectivity index (χ4v) is 3.82. The molecule has 1 heterocycles. The van der Waals surface area contributed by atoms with Crippen LogP contribution in [0.25, 0.3) is 10.8 Å². The maximum atomic E-state index is 12.8. The first kappa shape index (κ1) is 18.2. The van der Waals surface area contributed by atoms with Gasteiger partial charge in [-0.3, -0.25) is 14.5 Å². The molecule has 142 valence electrons. The summed E-state index contributed by atoms with van der Waals surface area (Å²) in [5, 5.41) is 5.06. The van der Waals surface area contributed by atoms with E-state index in [2.05, 4.69) is 5.32 Å². The molecule has 0 aromatic heterocycles. The van der Waals surface area contributed by atoms with Gasteiger partial charge < -0.3 is 10.1 Å². The van der Waals surface area contributed by atoms with Crippen LogP contribution < -0.4 is 5.32 Å². The third kappa shape index (κ3) is 3.62. The highest BCUT2D eigenvalue weighted by Crippen LogP contribution is 2.25. The summed E-state index contributed by atoms with van der Waals surface area (Å²) in [6.45, 7) is 0.663. The first-order valence-corrected chi connectivity index (χ1v) is 9.32. The van der Waals surface area contributed by atoms with Gasteiger partial charge in [-0.15, -0.1) is 0 Å². The van der Waals surface area contributed by atoms with E-state index in [1.807, 2.05) is 71.6 Å². The highest BCUT2D eigenvalue weighted by Gasteiger charge is 2.33. The maximum Gasteiger partial charge on any atom is 0.323 e. The lowest BCUT2D eigenvalue weighted by Crippen LogP contribution is -2.49. The number of nitrogens with one attached hydrogen (secondary N) is 1. The minimum Gasteiger partial charge on any atom is -0.468 e. The van der Waals surface area contributed by atoms with Gasteiger partial charge in [-0.1, -0.05) is 60.7 Å². The number of carbonyl (C=O) groups is 2. The third-order valence-electron chi connectivity index (χ3n) is 5.23. The molecule has 0 saturated carbocycles.